The first-order chi connectivity index (χ1) is 17.6. The van der Waals surface area contributed by atoms with E-state index in [-0.39, 0.29) is 31.1 Å². The highest BCUT2D eigenvalue weighted by atomic mass is 19.4. The van der Waals surface area contributed by atoms with E-state index in [4.69, 9.17) is 0 Å². The Labute approximate surface area is 214 Å². The number of benzene rings is 2. The molecular formula is C25H26F7N3O3. The highest BCUT2D eigenvalue weighted by Gasteiger charge is 2.51. The predicted molar refractivity (Wildman–Crippen MR) is 122 cm³/mol. The maximum atomic E-state index is 13.9. The van der Waals surface area contributed by atoms with Crippen LogP contribution in [0.3, 0.4) is 0 Å². The van der Waals surface area contributed by atoms with Crippen molar-refractivity contribution in [1.82, 2.24) is 15.7 Å². The fourth-order valence-corrected chi connectivity index (χ4v) is 5.06. The Bertz CT molecular complexity index is 1170. The lowest BCUT2D eigenvalue weighted by atomic mass is 9.63. The summed E-state index contributed by atoms with van der Waals surface area (Å²) < 4.78 is 95.1. The molecule has 6 nitrogen and oxygen atoms in total. The van der Waals surface area contributed by atoms with Gasteiger partial charge < -0.3 is 10.2 Å². The number of urea groups is 1. The van der Waals surface area contributed by atoms with Crippen molar-refractivity contribution in [2.24, 2.45) is 5.41 Å². The van der Waals surface area contributed by atoms with Crippen molar-refractivity contribution in [3.8, 4) is 0 Å². The van der Waals surface area contributed by atoms with Crippen molar-refractivity contribution in [2.45, 2.75) is 38.0 Å². The second-order valence-electron chi connectivity index (χ2n) is 9.19. The Hall–Kier alpha value is -3.35. The van der Waals surface area contributed by atoms with Crippen LogP contribution in [0, 0.1) is 18.2 Å². The molecule has 0 radical (unpaired) electrons. The Morgan fingerprint density at radius 3 is 2.16 bits per heavy atom. The minimum Gasteiger partial charge on any atom is -0.359 e. The first kappa shape index (κ1) is 29.2. The molecule has 13 heteroatoms. The van der Waals surface area contributed by atoms with Gasteiger partial charge in [-0.05, 0) is 66.8 Å². The van der Waals surface area contributed by atoms with Crippen molar-refractivity contribution in [2.75, 3.05) is 27.2 Å². The lowest BCUT2D eigenvalue weighted by Gasteiger charge is -2.47. The molecule has 2 atom stereocenters. The maximum absolute atomic E-state index is 13.9. The number of carbonyl (C=O) groups is 2. The summed E-state index contributed by atoms with van der Waals surface area (Å²) in [6.07, 6.45) is -10.7. The normalized spacial score (nSPS) is 20.3. The lowest BCUT2D eigenvalue weighted by Crippen LogP contribution is -2.56. The molecule has 2 unspecified atom stereocenters. The predicted octanol–water partition coefficient (Wildman–Crippen LogP) is 5.21. The standard InChI is InChI=1S/C25H26F7N3O3/c1-14-8-18(26)4-5-19(14)20-13-35(22(37)34-38-3)7-6-23(20,21(36)33-2)12-15-9-16(24(27,28)29)11-17(10-15)25(30,31)32/h4-5,8-11,20H,6-7,12-13H2,1-3H3,(H,33,36)(H,34,37). The third kappa shape index (κ3) is 6.03. The first-order valence-electron chi connectivity index (χ1n) is 11.5. The van der Waals surface area contributed by atoms with E-state index in [9.17, 15) is 40.3 Å². The van der Waals surface area contributed by atoms with Crippen molar-refractivity contribution < 1.29 is 45.2 Å². The molecule has 0 aliphatic carbocycles. The van der Waals surface area contributed by atoms with Crippen LogP contribution in [-0.4, -0.2) is 44.1 Å². The van der Waals surface area contributed by atoms with Gasteiger partial charge in [-0.3, -0.25) is 9.63 Å². The second-order valence-corrected chi connectivity index (χ2v) is 9.19. The number of hydrogen-bond acceptors (Lipinski definition) is 3. The minimum atomic E-state index is -5.06. The van der Waals surface area contributed by atoms with Crippen molar-refractivity contribution in [1.29, 1.82) is 0 Å². The molecule has 2 aromatic carbocycles. The van der Waals surface area contributed by atoms with Crippen LogP contribution < -0.4 is 10.8 Å². The number of amides is 3. The van der Waals surface area contributed by atoms with Crippen LogP contribution in [-0.2, 0) is 28.4 Å². The average Bonchev–Trinajstić information content (AvgIpc) is 2.82. The number of rotatable bonds is 5. The Balaban J connectivity index is 2.21. The highest BCUT2D eigenvalue weighted by Crippen LogP contribution is 2.48. The van der Waals surface area contributed by atoms with Crippen LogP contribution in [0.5, 0.6) is 0 Å². The maximum Gasteiger partial charge on any atom is 0.416 e. The number of alkyl halides is 6. The molecule has 0 bridgehead atoms. The van der Waals surface area contributed by atoms with Crippen molar-refractivity contribution >= 4 is 11.9 Å². The molecule has 3 rings (SSSR count). The second kappa shape index (κ2) is 10.8. The number of hydrogen-bond donors (Lipinski definition) is 2. The molecule has 1 saturated heterocycles. The fourth-order valence-electron chi connectivity index (χ4n) is 5.06. The summed E-state index contributed by atoms with van der Waals surface area (Å²) in [5, 5.41) is 2.48. The zero-order valence-corrected chi connectivity index (χ0v) is 20.7. The zero-order chi connectivity index (χ0) is 28.5. The SMILES string of the molecule is CNC(=O)C1(Cc2cc(C(F)(F)F)cc(C(F)(F)F)c2)CCN(C(=O)NOC)CC1c1ccc(F)cc1C. The summed E-state index contributed by atoms with van der Waals surface area (Å²) in [7, 11) is 2.51. The van der Waals surface area contributed by atoms with E-state index in [1.54, 1.807) is 6.92 Å². The number of halogens is 7. The minimum absolute atomic E-state index is 0.0232. The van der Waals surface area contributed by atoms with Crippen LogP contribution in [0.25, 0.3) is 0 Å². The summed E-state index contributed by atoms with van der Waals surface area (Å²) in [4.78, 5) is 31.9. The summed E-state index contributed by atoms with van der Waals surface area (Å²) in [5.41, 5.74) is -1.95. The quantitative estimate of drug-likeness (QED) is 0.398. The number of nitrogens with one attached hydrogen (secondary N) is 2. The van der Waals surface area contributed by atoms with E-state index in [1.165, 1.54) is 31.2 Å². The molecule has 1 aliphatic rings. The van der Waals surface area contributed by atoms with Gasteiger partial charge in [0.2, 0.25) is 5.91 Å². The van der Waals surface area contributed by atoms with Gasteiger partial charge in [0.05, 0.1) is 23.7 Å². The molecular weight excluding hydrogens is 523 g/mol. The molecule has 3 amide bonds. The number of likely N-dealkylation sites (tertiary alicyclic amines) is 1. The lowest BCUT2D eigenvalue weighted by molar-refractivity contribution is -0.143. The van der Waals surface area contributed by atoms with Gasteiger partial charge in [-0.15, -0.1) is 0 Å². The van der Waals surface area contributed by atoms with Crippen LogP contribution in [0.15, 0.2) is 36.4 Å². The summed E-state index contributed by atoms with van der Waals surface area (Å²) >= 11 is 0. The van der Waals surface area contributed by atoms with Crippen LogP contribution >= 0.6 is 0 Å². The topological polar surface area (TPSA) is 70.7 Å². The van der Waals surface area contributed by atoms with Gasteiger partial charge in [0.25, 0.3) is 0 Å². The van der Waals surface area contributed by atoms with Crippen LogP contribution in [0.2, 0.25) is 0 Å². The number of hydroxylamine groups is 1. The monoisotopic (exact) mass is 549 g/mol. The van der Waals surface area contributed by atoms with Crippen molar-refractivity contribution in [3.05, 3.63) is 70.0 Å². The number of nitrogens with zero attached hydrogens (tertiary/aromatic N) is 1. The zero-order valence-electron chi connectivity index (χ0n) is 20.7. The molecule has 2 N–H and O–H groups in total. The Morgan fingerprint density at radius 2 is 1.66 bits per heavy atom. The van der Waals surface area contributed by atoms with Gasteiger partial charge in [0.1, 0.15) is 5.82 Å². The van der Waals surface area contributed by atoms with E-state index < -0.39 is 59.0 Å². The molecule has 38 heavy (non-hydrogen) atoms. The number of carbonyl (C=O) groups excluding carboxylic acids is 2. The molecule has 208 valence electrons. The number of aryl methyl sites for hydroxylation is 1. The van der Waals surface area contributed by atoms with Crippen LogP contribution in [0.1, 0.15) is 40.2 Å². The summed E-state index contributed by atoms with van der Waals surface area (Å²) in [6.45, 7) is 1.37. The van der Waals surface area contributed by atoms with E-state index in [0.29, 0.717) is 23.3 Å². The van der Waals surface area contributed by atoms with Crippen LogP contribution in [0.4, 0.5) is 35.5 Å². The van der Waals surface area contributed by atoms with Gasteiger partial charge >= 0.3 is 18.4 Å². The molecule has 2 aromatic rings. The van der Waals surface area contributed by atoms with Crippen molar-refractivity contribution in [3.63, 3.8) is 0 Å². The van der Waals surface area contributed by atoms with E-state index in [0.717, 1.165) is 6.07 Å². The average molecular weight is 549 g/mol. The van der Waals surface area contributed by atoms with Gasteiger partial charge in [-0.25, -0.2) is 14.7 Å². The van der Waals surface area contributed by atoms with Gasteiger partial charge in [-0.1, -0.05) is 6.07 Å². The highest BCUT2D eigenvalue weighted by molar-refractivity contribution is 5.85. The molecule has 1 aliphatic heterocycles. The molecule has 0 spiro atoms. The first-order valence-corrected chi connectivity index (χ1v) is 11.5. The number of piperidine rings is 1. The largest absolute Gasteiger partial charge is 0.416 e. The summed E-state index contributed by atoms with van der Waals surface area (Å²) in [5.74, 6) is -2.12. The molecule has 0 aromatic heterocycles. The van der Waals surface area contributed by atoms with E-state index in [2.05, 4.69) is 15.6 Å². The summed E-state index contributed by atoms with van der Waals surface area (Å²) in [6, 6.07) is 4.30. The molecule has 1 heterocycles. The van der Waals surface area contributed by atoms with E-state index in [1.807, 2.05) is 0 Å². The van der Waals surface area contributed by atoms with Gasteiger partial charge in [0, 0.05) is 26.1 Å². The molecule has 1 fully saturated rings. The third-order valence-electron chi connectivity index (χ3n) is 6.83. The van der Waals surface area contributed by atoms with E-state index >= 15 is 0 Å². The van der Waals surface area contributed by atoms with Gasteiger partial charge in [0.15, 0.2) is 0 Å². The molecule has 0 saturated carbocycles. The van der Waals surface area contributed by atoms with Gasteiger partial charge in [-0.2, -0.15) is 26.3 Å². The third-order valence-corrected chi connectivity index (χ3v) is 6.83. The fraction of sp³-hybridized carbons (Fsp3) is 0.440. The Kier molecular flexibility index (Phi) is 8.30. The smallest absolute Gasteiger partial charge is 0.359 e. The Morgan fingerprint density at radius 1 is 1.05 bits per heavy atom.